The van der Waals surface area contributed by atoms with E-state index >= 15 is 0 Å². The first kappa shape index (κ1) is 108. The normalized spacial score (nSPS) is 15.6. The molecule has 0 aromatic rings. The van der Waals surface area contributed by atoms with E-state index < -0.39 is 272 Å². The van der Waals surface area contributed by atoms with Crippen LogP contribution in [0.15, 0.2) is 0 Å². The fourth-order valence-electron chi connectivity index (χ4n) is 11.5. The van der Waals surface area contributed by atoms with Crippen LogP contribution in [0.4, 0.5) is 0 Å². The van der Waals surface area contributed by atoms with Crippen LogP contribution in [0, 0.1) is 29.6 Å². The van der Waals surface area contributed by atoms with Crippen molar-refractivity contribution in [2.24, 2.45) is 69.7 Å². The summed E-state index contributed by atoms with van der Waals surface area (Å²) in [6, 6.07) is -24.5. The highest BCUT2D eigenvalue weighted by Gasteiger charge is 2.40. The fourth-order valence-corrected chi connectivity index (χ4v) is 11.8. The summed E-state index contributed by atoms with van der Waals surface area (Å²) in [5.74, 6) is -24.5. The van der Waals surface area contributed by atoms with Crippen molar-refractivity contribution in [3.63, 3.8) is 0 Å². The fraction of sp³-hybridized carbons (Fsp3) is 0.740. The third-order valence-corrected chi connectivity index (χ3v) is 19.2. The number of hydrogen-bond donors (Lipinski definition) is 26. The molecule has 0 radical (unpaired) electrons. The molecular formula is C73H131N21O23S. The van der Waals surface area contributed by atoms with E-state index in [2.05, 4.69) is 87.1 Å². The van der Waals surface area contributed by atoms with Crippen molar-refractivity contribution >= 4 is 125 Å². The Labute approximate surface area is 691 Å². The van der Waals surface area contributed by atoms with Gasteiger partial charge >= 0.3 is 11.9 Å². The maximum absolute atomic E-state index is 14.5. The smallest absolute Gasteiger partial charge is 0.327 e. The number of nitrogens with two attached hydrogens (primary N) is 7. The molecule has 0 bridgehead atoms. The molecule has 0 unspecified atom stereocenters. The van der Waals surface area contributed by atoms with E-state index in [-0.39, 0.29) is 82.7 Å². The van der Waals surface area contributed by atoms with Gasteiger partial charge in [0.15, 0.2) is 0 Å². The van der Waals surface area contributed by atoms with Gasteiger partial charge in [0.2, 0.25) is 100 Å². The van der Waals surface area contributed by atoms with Crippen LogP contribution >= 0.6 is 12.6 Å². The molecule has 0 rings (SSSR count). The van der Waals surface area contributed by atoms with E-state index in [0.717, 1.165) is 0 Å². The number of aliphatic hydroxyl groups is 2. The summed E-state index contributed by atoms with van der Waals surface area (Å²) in [4.78, 5) is 257. The van der Waals surface area contributed by atoms with Gasteiger partial charge in [-0.05, 0) is 126 Å². The average molecular weight is 1700 g/mol. The lowest BCUT2D eigenvalue weighted by Gasteiger charge is -2.29. The van der Waals surface area contributed by atoms with Crippen LogP contribution in [0.25, 0.3) is 0 Å². The maximum Gasteiger partial charge on any atom is 0.327 e. The van der Waals surface area contributed by atoms with Crippen molar-refractivity contribution in [3.05, 3.63) is 0 Å². The molecule has 0 aliphatic carbocycles. The predicted molar refractivity (Wildman–Crippen MR) is 430 cm³/mol. The largest absolute Gasteiger partial charge is 0.481 e. The molecule has 672 valence electrons. The lowest BCUT2D eigenvalue weighted by Crippen LogP contribution is -2.62. The Kier molecular flexibility index (Phi) is 52.4. The standard InChI is InChI=1S/C73H131N21O23S/c1-11-38(9)56(80)70(113)94-58(39(10)12-2)72(115)89-46(29-53(78)98)65(108)82-40(19-13-16-24-74)59(102)81-41(20-14-17-25-75)60(103)85-44(27-35(3)4)63(106)88-48(31-55(100)101)66(109)86-45(28-36(5)6)64(107)91-50(33-96)69(112)87-47(30-54(79)99)67(110)93-57(37(7)8)71(114)84-43(22-23-52(77)97)62(105)90-49(32-95)68(111)83-42(21-15-18-26-76)61(104)92-51(34-118)73(116)117/h35-51,56-58,95-96,118H,11-34,74-76,80H2,1-10H3,(H2,77,97)(H2,78,98)(H2,79,99)(H,81,102)(H,82,108)(H,83,111)(H,84,114)(H,85,103)(H,86,109)(H,87,112)(H,88,106)(H,89,115)(H,90,105)(H,91,107)(H,92,104)(H,93,110)(H,94,113)(H,100,101)(H,116,117)/t38-,39-,40-,41-,42-,43-,44-,45-,46-,47-,48-,49-,50-,51-,56-,57-,58-/m0/s1. The minimum absolute atomic E-state index is 0.0782. The van der Waals surface area contributed by atoms with Crippen molar-refractivity contribution in [2.75, 3.05) is 38.6 Å². The van der Waals surface area contributed by atoms with Crippen LogP contribution in [0.3, 0.4) is 0 Å². The van der Waals surface area contributed by atoms with Crippen molar-refractivity contribution in [1.82, 2.24) is 74.4 Å². The number of hydrogen-bond acceptors (Lipinski definition) is 26. The first-order chi connectivity index (χ1) is 55.3. The number of nitrogens with one attached hydrogen (secondary N) is 14. The first-order valence-electron chi connectivity index (χ1n) is 39.5. The third kappa shape index (κ3) is 41.4. The van der Waals surface area contributed by atoms with Crippen LogP contribution in [0.1, 0.15) is 185 Å². The van der Waals surface area contributed by atoms with E-state index in [9.17, 15) is 112 Å². The van der Waals surface area contributed by atoms with Gasteiger partial charge in [0.25, 0.3) is 0 Å². The molecule has 0 aromatic heterocycles. The summed E-state index contributed by atoms with van der Waals surface area (Å²) in [5.41, 5.74) is 39.7. The van der Waals surface area contributed by atoms with Crippen LogP contribution < -0.4 is 115 Å². The molecule has 0 saturated heterocycles. The van der Waals surface area contributed by atoms with Gasteiger partial charge < -0.3 is 135 Å². The van der Waals surface area contributed by atoms with E-state index in [0.29, 0.717) is 32.1 Å². The lowest BCUT2D eigenvalue weighted by atomic mass is 9.95. The summed E-state index contributed by atoms with van der Waals surface area (Å²) >= 11 is 3.92. The van der Waals surface area contributed by atoms with E-state index in [1.165, 1.54) is 13.8 Å². The number of carboxylic acid groups (broad SMARTS) is 2. The number of thiol groups is 1. The number of aliphatic hydroxyl groups excluding tert-OH is 2. The average Bonchev–Trinajstić information content (AvgIpc) is 0.853. The minimum atomic E-state index is -2.03. The number of aliphatic carboxylic acids is 2. The predicted octanol–water partition coefficient (Wildman–Crippen LogP) is -8.18. The van der Waals surface area contributed by atoms with Crippen molar-refractivity contribution in [2.45, 2.75) is 275 Å². The molecule has 44 nitrogen and oxygen atoms in total. The molecule has 17 amide bonds. The molecule has 32 N–H and O–H groups in total. The van der Waals surface area contributed by atoms with Gasteiger partial charge in [-0.3, -0.25) is 86.3 Å². The highest BCUT2D eigenvalue weighted by Crippen LogP contribution is 2.17. The third-order valence-electron chi connectivity index (χ3n) is 18.8. The molecule has 0 spiro atoms. The summed E-state index contributed by atoms with van der Waals surface area (Å²) in [5, 5.41) is 73.7. The second-order valence-electron chi connectivity index (χ2n) is 30.2. The molecule has 0 aliphatic heterocycles. The van der Waals surface area contributed by atoms with Gasteiger partial charge in [0.1, 0.15) is 84.6 Å². The Morgan fingerprint density at radius 2 is 0.602 bits per heavy atom. The maximum atomic E-state index is 14.5. The van der Waals surface area contributed by atoms with Gasteiger partial charge in [0.05, 0.1) is 38.5 Å². The Bertz CT molecular complexity index is 3360. The number of carboxylic acids is 2. The Morgan fingerprint density at radius 3 is 0.915 bits per heavy atom. The number of amides is 17. The molecule has 0 heterocycles. The molecule has 0 aliphatic rings. The zero-order valence-corrected chi connectivity index (χ0v) is 69.9. The van der Waals surface area contributed by atoms with Crippen LogP contribution in [0.2, 0.25) is 0 Å². The Balaban J connectivity index is 7.09. The molecule has 0 saturated carbocycles. The molecule has 45 heteroatoms. The Morgan fingerprint density at radius 1 is 0.322 bits per heavy atom. The van der Waals surface area contributed by atoms with E-state index in [4.69, 9.17) is 40.1 Å². The van der Waals surface area contributed by atoms with Crippen LogP contribution in [-0.4, -0.2) is 262 Å². The number of primary amides is 3. The second kappa shape index (κ2) is 57.2. The summed E-state index contributed by atoms with van der Waals surface area (Å²) < 4.78 is 0. The molecule has 0 fully saturated rings. The number of carbonyl (C=O) groups excluding carboxylic acids is 17. The quantitative estimate of drug-likeness (QED) is 0.0199. The van der Waals surface area contributed by atoms with Crippen LogP contribution in [0.5, 0.6) is 0 Å². The summed E-state index contributed by atoms with van der Waals surface area (Å²) in [6.07, 6.45) is -2.17. The number of unbranched alkanes of at least 4 members (excludes halogenated alkanes) is 3. The van der Waals surface area contributed by atoms with Gasteiger partial charge in [0, 0.05) is 12.2 Å². The summed E-state index contributed by atoms with van der Waals surface area (Å²) in [7, 11) is 0. The SMILES string of the molecule is CC[C@H](C)[C@H](N)C(=O)N[C@H](C(=O)N[C@@H](CC(N)=O)C(=O)N[C@@H](CCCCN)C(=O)N[C@@H](CCCCN)C(=O)N[C@@H](CC(C)C)C(=O)N[C@@H](CC(=O)O)C(=O)N[C@@H](CC(C)C)C(=O)N[C@@H](CO)C(=O)N[C@@H](CC(N)=O)C(=O)N[C@H](C(=O)N[C@@H](CCC(N)=O)C(=O)N[C@@H](CO)C(=O)N[C@@H](CCCCN)C(=O)N[C@@H](CS)C(=O)O)C(C)C)[C@@H](C)CC. The first-order valence-corrected chi connectivity index (χ1v) is 40.2. The van der Waals surface area contributed by atoms with Gasteiger partial charge in [-0.25, -0.2) is 4.79 Å². The van der Waals surface area contributed by atoms with E-state index in [1.54, 1.807) is 48.5 Å². The van der Waals surface area contributed by atoms with Gasteiger partial charge in [-0.15, -0.1) is 0 Å². The molecular weight excluding hydrogens is 1570 g/mol. The van der Waals surface area contributed by atoms with E-state index in [1.807, 2.05) is 6.92 Å². The number of rotatable bonds is 62. The Hall–Kier alpha value is -9.96. The topological polar surface area (TPSA) is 756 Å². The number of carbonyl (C=O) groups is 19. The zero-order chi connectivity index (χ0) is 90.4. The summed E-state index contributed by atoms with van der Waals surface area (Å²) in [6.45, 7) is 14.4. The molecule has 0 aromatic carbocycles. The minimum Gasteiger partial charge on any atom is -0.481 e. The lowest BCUT2D eigenvalue weighted by molar-refractivity contribution is -0.142. The second-order valence-corrected chi connectivity index (χ2v) is 30.6. The van der Waals surface area contributed by atoms with Crippen molar-refractivity contribution < 1.29 is 112 Å². The van der Waals surface area contributed by atoms with Gasteiger partial charge in [-0.2, -0.15) is 12.6 Å². The zero-order valence-electron chi connectivity index (χ0n) is 69.1. The van der Waals surface area contributed by atoms with Crippen molar-refractivity contribution in [1.29, 1.82) is 0 Å². The van der Waals surface area contributed by atoms with Gasteiger partial charge in [-0.1, -0.05) is 82.1 Å². The molecule has 17 atom stereocenters. The monoisotopic (exact) mass is 1700 g/mol. The molecule has 118 heavy (non-hydrogen) atoms. The highest BCUT2D eigenvalue weighted by molar-refractivity contribution is 7.80. The van der Waals surface area contributed by atoms with Crippen LogP contribution in [-0.2, 0) is 91.1 Å². The highest BCUT2D eigenvalue weighted by atomic mass is 32.1. The van der Waals surface area contributed by atoms with Crippen molar-refractivity contribution in [3.8, 4) is 0 Å².